The van der Waals surface area contributed by atoms with Crippen LogP contribution >= 0.6 is 0 Å². The van der Waals surface area contributed by atoms with E-state index in [-0.39, 0.29) is 0 Å². The molecular formula is C14H19N3O. The average molecular weight is 245 g/mol. The van der Waals surface area contributed by atoms with Crippen molar-refractivity contribution in [2.45, 2.75) is 0 Å². The van der Waals surface area contributed by atoms with E-state index in [0.717, 1.165) is 38.8 Å². The number of hydrogen-bond acceptors (Lipinski definition) is 4. The molecule has 2 aromatic rings. The number of nitrogens with one attached hydrogen (secondary N) is 1. The summed E-state index contributed by atoms with van der Waals surface area (Å²) in [5, 5.41) is 11.6. The van der Waals surface area contributed by atoms with Crippen LogP contribution in [0.4, 0.5) is 5.69 Å². The largest absolute Gasteiger partial charge is 0.400 e. The third kappa shape index (κ3) is 2.60. The maximum Gasteiger partial charge on any atom is 0.0935 e. The molecule has 1 saturated heterocycles. The summed E-state index contributed by atoms with van der Waals surface area (Å²) in [6, 6.07) is 10.5. The number of fused-ring (bicyclic) bond motifs is 1. The summed E-state index contributed by atoms with van der Waals surface area (Å²) in [4.78, 5) is 6.90. The fourth-order valence-electron chi connectivity index (χ4n) is 2.25. The van der Waals surface area contributed by atoms with E-state index >= 15 is 0 Å². The molecule has 4 heteroatoms. The highest BCUT2D eigenvalue weighted by atomic mass is 16.2. The molecule has 4 nitrogen and oxygen atoms in total. The Bertz CT molecular complexity index is 490. The third-order valence-corrected chi connectivity index (χ3v) is 3.07. The predicted molar refractivity (Wildman–Crippen MR) is 75.0 cm³/mol. The first kappa shape index (κ1) is 12.8. The number of nitrogens with zero attached hydrogens (tertiary/aromatic N) is 2. The zero-order valence-corrected chi connectivity index (χ0v) is 10.6. The minimum atomic E-state index is 1.00. The van der Waals surface area contributed by atoms with Crippen molar-refractivity contribution in [2.75, 3.05) is 38.2 Å². The van der Waals surface area contributed by atoms with Crippen molar-refractivity contribution in [3.05, 3.63) is 36.5 Å². The van der Waals surface area contributed by atoms with Gasteiger partial charge < -0.3 is 15.3 Å². The van der Waals surface area contributed by atoms with E-state index in [0.29, 0.717) is 0 Å². The van der Waals surface area contributed by atoms with E-state index < -0.39 is 0 Å². The molecule has 1 aliphatic rings. The molecule has 0 unspecified atom stereocenters. The summed E-state index contributed by atoms with van der Waals surface area (Å²) in [5.41, 5.74) is 2.38. The molecule has 1 aliphatic heterocycles. The Morgan fingerprint density at radius 2 is 1.83 bits per heavy atom. The maximum absolute atomic E-state index is 7.00. The highest BCUT2D eigenvalue weighted by Crippen LogP contribution is 2.24. The summed E-state index contributed by atoms with van der Waals surface area (Å²) >= 11 is 0. The quantitative estimate of drug-likeness (QED) is 0.794. The molecule has 0 bridgehead atoms. The van der Waals surface area contributed by atoms with Crippen LogP contribution in [0.25, 0.3) is 10.9 Å². The van der Waals surface area contributed by atoms with Crippen molar-refractivity contribution in [2.24, 2.45) is 0 Å². The smallest absolute Gasteiger partial charge is 0.0935 e. The molecule has 18 heavy (non-hydrogen) atoms. The van der Waals surface area contributed by atoms with E-state index in [2.05, 4.69) is 39.5 Å². The van der Waals surface area contributed by atoms with Gasteiger partial charge in [-0.1, -0.05) is 18.2 Å². The zero-order valence-electron chi connectivity index (χ0n) is 10.6. The number of aliphatic hydroxyl groups is 1. The van der Waals surface area contributed by atoms with Crippen molar-refractivity contribution in [3.63, 3.8) is 0 Å². The SMILES string of the molecule is CO.c1cnc2c(N3CCNCC3)cccc2c1. The van der Waals surface area contributed by atoms with Gasteiger partial charge in [-0.2, -0.15) is 0 Å². The van der Waals surface area contributed by atoms with Gasteiger partial charge in [-0.15, -0.1) is 0 Å². The Balaban J connectivity index is 0.000000574. The van der Waals surface area contributed by atoms with Gasteiger partial charge >= 0.3 is 0 Å². The molecule has 0 spiro atoms. The zero-order chi connectivity index (χ0) is 12.8. The van der Waals surface area contributed by atoms with Gasteiger partial charge in [0.1, 0.15) is 0 Å². The summed E-state index contributed by atoms with van der Waals surface area (Å²) < 4.78 is 0. The molecule has 2 N–H and O–H groups in total. The molecule has 0 aliphatic carbocycles. The van der Waals surface area contributed by atoms with Crippen molar-refractivity contribution in [1.29, 1.82) is 0 Å². The fraction of sp³-hybridized carbons (Fsp3) is 0.357. The van der Waals surface area contributed by atoms with E-state index in [4.69, 9.17) is 5.11 Å². The standard InChI is InChI=1S/C13H15N3.CH4O/c1-3-11-4-2-6-15-13(11)12(5-1)16-9-7-14-8-10-16;1-2/h1-6,14H,7-10H2;2H,1H3. The number of hydrogen-bond donors (Lipinski definition) is 2. The lowest BCUT2D eigenvalue weighted by Crippen LogP contribution is -2.43. The first-order valence-corrected chi connectivity index (χ1v) is 6.19. The molecule has 0 amide bonds. The number of rotatable bonds is 1. The van der Waals surface area contributed by atoms with Crippen molar-refractivity contribution < 1.29 is 5.11 Å². The Kier molecular flexibility index (Phi) is 4.50. The number of pyridine rings is 1. The van der Waals surface area contributed by atoms with Crippen LogP contribution in [0.3, 0.4) is 0 Å². The third-order valence-electron chi connectivity index (χ3n) is 3.07. The minimum Gasteiger partial charge on any atom is -0.400 e. The number of para-hydroxylation sites is 1. The number of benzene rings is 1. The van der Waals surface area contributed by atoms with Crippen LogP contribution in [0.15, 0.2) is 36.5 Å². The van der Waals surface area contributed by atoms with Crippen LogP contribution in [-0.4, -0.2) is 43.4 Å². The Morgan fingerprint density at radius 3 is 2.61 bits per heavy atom. The Morgan fingerprint density at radius 1 is 1.11 bits per heavy atom. The lowest BCUT2D eigenvalue weighted by Gasteiger charge is -2.29. The molecule has 1 aromatic heterocycles. The lowest BCUT2D eigenvalue weighted by molar-refractivity contribution is 0.399. The number of aliphatic hydroxyl groups excluding tert-OH is 1. The lowest BCUT2D eigenvalue weighted by atomic mass is 10.1. The number of anilines is 1. The van der Waals surface area contributed by atoms with Gasteiger partial charge in [0.25, 0.3) is 0 Å². The number of piperazine rings is 1. The van der Waals surface area contributed by atoms with E-state index in [1.807, 2.05) is 12.3 Å². The van der Waals surface area contributed by atoms with Crippen molar-refractivity contribution >= 4 is 16.6 Å². The average Bonchev–Trinajstić information content (AvgIpc) is 2.50. The minimum absolute atomic E-state index is 1.00. The van der Waals surface area contributed by atoms with Crippen LogP contribution in [0.5, 0.6) is 0 Å². The van der Waals surface area contributed by atoms with Crippen LogP contribution in [-0.2, 0) is 0 Å². The van der Waals surface area contributed by atoms with Gasteiger partial charge in [0.15, 0.2) is 0 Å². The first-order chi connectivity index (χ1) is 8.95. The van der Waals surface area contributed by atoms with Gasteiger partial charge in [-0.05, 0) is 12.1 Å². The second-order valence-electron chi connectivity index (χ2n) is 4.09. The van der Waals surface area contributed by atoms with Crippen LogP contribution in [0.2, 0.25) is 0 Å². The van der Waals surface area contributed by atoms with Gasteiger partial charge in [-0.25, -0.2) is 0 Å². The van der Waals surface area contributed by atoms with Gasteiger partial charge in [0.2, 0.25) is 0 Å². The van der Waals surface area contributed by atoms with E-state index in [9.17, 15) is 0 Å². The summed E-state index contributed by atoms with van der Waals surface area (Å²) in [7, 11) is 1.00. The molecule has 2 heterocycles. The molecular weight excluding hydrogens is 226 g/mol. The topological polar surface area (TPSA) is 48.4 Å². The van der Waals surface area contributed by atoms with Gasteiger partial charge in [0, 0.05) is 44.9 Å². The van der Waals surface area contributed by atoms with E-state index in [1.165, 1.54) is 11.1 Å². The Labute approximate surface area is 107 Å². The summed E-state index contributed by atoms with van der Waals surface area (Å²) in [5.74, 6) is 0. The van der Waals surface area contributed by atoms with Crippen LogP contribution in [0, 0.1) is 0 Å². The monoisotopic (exact) mass is 245 g/mol. The van der Waals surface area contributed by atoms with Gasteiger partial charge in [-0.3, -0.25) is 4.98 Å². The maximum atomic E-state index is 7.00. The van der Waals surface area contributed by atoms with Crippen molar-refractivity contribution in [1.82, 2.24) is 10.3 Å². The van der Waals surface area contributed by atoms with Gasteiger partial charge in [0.05, 0.1) is 11.2 Å². The van der Waals surface area contributed by atoms with Crippen LogP contribution < -0.4 is 10.2 Å². The molecule has 0 atom stereocenters. The van der Waals surface area contributed by atoms with Crippen molar-refractivity contribution in [3.8, 4) is 0 Å². The molecule has 96 valence electrons. The molecule has 0 radical (unpaired) electrons. The van der Waals surface area contributed by atoms with Crippen LogP contribution in [0.1, 0.15) is 0 Å². The second-order valence-corrected chi connectivity index (χ2v) is 4.09. The molecule has 1 aromatic carbocycles. The second kappa shape index (κ2) is 6.33. The highest BCUT2D eigenvalue weighted by molar-refractivity contribution is 5.90. The molecule has 1 fully saturated rings. The normalized spacial score (nSPS) is 15.1. The first-order valence-electron chi connectivity index (χ1n) is 6.19. The fourth-order valence-corrected chi connectivity index (χ4v) is 2.25. The predicted octanol–water partition coefficient (Wildman–Crippen LogP) is 1.25. The Hall–Kier alpha value is -1.65. The molecule has 0 saturated carbocycles. The summed E-state index contributed by atoms with van der Waals surface area (Å²) in [6.07, 6.45) is 1.87. The molecule has 3 rings (SSSR count). The highest BCUT2D eigenvalue weighted by Gasteiger charge is 2.13. The van der Waals surface area contributed by atoms with E-state index in [1.54, 1.807) is 0 Å². The summed E-state index contributed by atoms with van der Waals surface area (Å²) in [6.45, 7) is 4.25. The number of aromatic nitrogens is 1.